The molecule has 0 bridgehead atoms. The van der Waals surface area contributed by atoms with Crippen LogP contribution in [0.25, 0.3) is 11.5 Å². The van der Waals surface area contributed by atoms with Crippen molar-refractivity contribution in [1.82, 2.24) is 10.2 Å². The van der Waals surface area contributed by atoms with Crippen molar-refractivity contribution >= 4 is 45.0 Å². The number of carbonyl (C=O) groups excluding carboxylic acids is 1. The predicted octanol–water partition coefficient (Wildman–Crippen LogP) is 4.45. The van der Waals surface area contributed by atoms with Crippen molar-refractivity contribution < 1.29 is 14.1 Å². The van der Waals surface area contributed by atoms with Crippen LogP contribution in [0, 0.1) is 17.0 Å². The standard InChI is InChI=1S/C17H13BrN4O4S/c1-10-13(6-3-7-14(10)22(24)25)19-15(23)9-27-17-21-20-16(26-17)11-4-2-5-12(18)8-11/h2-8H,9H2,1H3,(H,19,23). The zero-order valence-electron chi connectivity index (χ0n) is 14.0. The Balaban J connectivity index is 1.62. The van der Waals surface area contributed by atoms with Gasteiger partial charge in [-0.05, 0) is 31.2 Å². The lowest BCUT2D eigenvalue weighted by molar-refractivity contribution is -0.385. The number of anilines is 1. The minimum Gasteiger partial charge on any atom is -0.411 e. The number of aromatic nitrogens is 2. The number of rotatable bonds is 6. The van der Waals surface area contributed by atoms with E-state index >= 15 is 0 Å². The molecule has 3 rings (SSSR count). The van der Waals surface area contributed by atoms with Crippen LogP contribution in [0.3, 0.4) is 0 Å². The van der Waals surface area contributed by atoms with E-state index in [1.807, 2.05) is 24.3 Å². The summed E-state index contributed by atoms with van der Waals surface area (Å²) in [5, 5.41) is 21.8. The van der Waals surface area contributed by atoms with E-state index in [0.29, 0.717) is 17.1 Å². The Morgan fingerprint density at radius 3 is 2.81 bits per heavy atom. The predicted molar refractivity (Wildman–Crippen MR) is 105 cm³/mol. The molecule has 3 aromatic rings. The van der Waals surface area contributed by atoms with Gasteiger partial charge in [-0.25, -0.2) is 0 Å². The van der Waals surface area contributed by atoms with Gasteiger partial charge in [-0.3, -0.25) is 14.9 Å². The van der Waals surface area contributed by atoms with Crippen molar-refractivity contribution in [3.8, 4) is 11.5 Å². The fourth-order valence-corrected chi connectivity index (χ4v) is 3.24. The largest absolute Gasteiger partial charge is 0.411 e. The van der Waals surface area contributed by atoms with Gasteiger partial charge in [0, 0.05) is 16.1 Å². The maximum absolute atomic E-state index is 12.1. The summed E-state index contributed by atoms with van der Waals surface area (Å²) >= 11 is 4.46. The number of nitro groups is 1. The zero-order chi connectivity index (χ0) is 19.4. The lowest BCUT2D eigenvalue weighted by atomic mass is 10.1. The maximum atomic E-state index is 12.1. The Morgan fingerprint density at radius 2 is 2.07 bits per heavy atom. The summed E-state index contributed by atoms with van der Waals surface area (Å²) < 4.78 is 6.44. The van der Waals surface area contributed by atoms with Gasteiger partial charge in [-0.2, -0.15) is 0 Å². The van der Waals surface area contributed by atoms with Crippen LogP contribution in [-0.4, -0.2) is 26.8 Å². The molecule has 0 aliphatic rings. The first-order valence-corrected chi connectivity index (χ1v) is 9.48. The zero-order valence-corrected chi connectivity index (χ0v) is 16.4. The highest BCUT2D eigenvalue weighted by molar-refractivity contribution is 9.10. The summed E-state index contributed by atoms with van der Waals surface area (Å²) in [4.78, 5) is 22.6. The molecule has 8 nitrogen and oxygen atoms in total. The van der Waals surface area contributed by atoms with Gasteiger partial charge in [0.1, 0.15) is 0 Å². The fourth-order valence-electron chi connectivity index (χ4n) is 2.28. The highest BCUT2D eigenvalue weighted by Crippen LogP contribution is 2.27. The van der Waals surface area contributed by atoms with E-state index in [1.165, 1.54) is 12.1 Å². The van der Waals surface area contributed by atoms with Gasteiger partial charge in [-0.1, -0.05) is 39.8 Å². The van der Waals surface area contributed by atoms with Crippen molar-refractivity contribution in [2.75, 3.05) is 11.1 Å². The molecule has 0 aliphatic heterocycles. The van der Waals surface area contributed by atoms with Crippen LogP contribution in [0.1, 0.15) is 5.56 Å². The topological polar surface area (TPSA) is 111 Å². The number of nitro benzene ring substituents is 1. The Kier molecular flexibility index (Phi) is 5.87. The molecule has 1 amide bonds. The second kappa shape index (κ2) is 8.31. The van der Waals surface area contributed by atoms with Crippen LogP contribution in [0.5, 0.6) is 0 Å². The van der Waals surface area contributed by atoms with E-state index in [2.05, 4.69) is 31.4 Å². The third-order valence-electron chi connectivity index (χ3n) is 3.58. The number of nitrogens with one attached hydrogen (secondary N) is 1. The third-order valence-corrected chi connectivity index (χ3v) is 4.89. The molecule has 0 saturated carbocycles. The molecule has 1 aromatic heterocycles. The summed E-state index contributed by atoms with van der Waals surface area (Å²) in [7, 11) is 0. The number of benzene rings is 2. The van der Waals surface area contributed by atoms with Gasteiger partial charge in [0.2, 0.25) is 11.8 Å². The van der Waals surface area contributed by atoms with E-state index in [4.69, 9.17) is 4.42 Å². The molecule has 0 atom stereocenters. The number of carbonyl (C=O) groups is 1. The third kappa shape index (κ3) is 4.72. The average Bonchev–Trinajstić information content (AvgIpc) is 3.10. The number of halogens is 1. The summed E-state index contributed by atoms with van der Waals surface area (Å²) in [5.41, 5.74) is 1.52. The van der Waals surface area contributed by atoms with E-state index in [0.717, 1.165) is 21.8 Å². The van der Waals surface area contributed by atoms with Gasteiger partial charge in [0.15, 0.2) is 0 Å². The second-order valence-electron chi connectivity index (χ2n) is 5.43. The fraction of sp³-hybridized carbons (Fsp3) is 0.118. The first-order valence-electron chi connectivity index (χ1n) is 7.70. The molecular weight excluding hydrogens is 436 g/mol. The van der Waals surface area contributed by atoms with Gasteiger partial charge in [0.05, 0.1) is 21.9 Å². The molecule has 0 radical (unpaired) electrons. The highest BCUT2D eigenvalue weighted by atomic mass is 79.9. The summed E-state index contributed by atoms with van der Waals surface area (Å²) in [5.74, 6) is 0.0574. The van der Waals surface area contributed by atoms with E-state index in [-0.39, 0.29) is 22.6 Å². The van der Waals surface area contributed by atoms with Crippen molar-refractivity contribution in [3.63, 3.8) is 0 Å². The minimum atomic E-state index is -0.484. The summed E-state index contributed by atoms with van der Waals surface area (Å²) in [6, 6.07) is 12.0. The summed E-state index contributed by atoms with van der Waals surface area (Å²) in [6.07, 6.45) is 0. The van der Waals surface area contributed by atoms with Crippen molar-refractivity contribution in [3.05, 3.63) is 62.6 Å². The second-order valence-corrected chi connectivity index (χ2v) is 7.27. The number of thioether (sulfide) groups is 1. The number of amides is 1. The molecule has 27 heavy (non-hydrogen) atoms. The number of nitrogens with zero attached hydrogens (tertiary/aromatic N) is 3. The molecule has 1 N–H and O–H groups in total. The molecule has 0 saturated heterocycles. The van der Waals surface area contributed by atoms with Crippen LogP contribution in [0.2, 0.25) is 0 Å². The molecule has 0 unspecified atom stereocenters. The van der Waals surface area contributed by atoms with Crippen LogP contribution in [0.15, 0.2) is 56.6 Å². The van der Waals surface area contributed by atoms with Crippen LogP contribution in [0.4, 0.5) is 11.4 Å². The highest BCUT2D eigenvalue weighted by Gasteiger charge is 2.16. The van der Waals surface area contributed by atoms with Crippen molar-refractivity contribution in [2.24, 2.45) is 0 Å². The molecule has 2 aromatic carbocycles. The molecule has 10 heteroatoms. The lowest BCUT2D eigenvalue weighted by Gasteiger charge is -2.07. The number of hydrogen-bond donors (Lipinski definition) is 1. The molecule has 1 heterocycles. The van der Waals surface area contributed by atoms with Crippen molar-refractivity contribution in [1.29, 1.82) is 0 Å². The van der Waals surface area contributed by atoms with Crippen LogP contribution >= 0.6 is 27.7 Å². The van der Waals surface area contributed by atoms with E-state index in [9.17, 15) is 14.9 Å². The smallest absolute Gasteiger partial charge is 0.277 e. The Labute approximate surface area is 166 Å². The van der Waals surface area contributed by atoms with Crippen LogP contribution < -0.4 is 5.32 Å². The molecule has 138 valence electrons. The first-order chi connectivity index (χ1) is 12.9. The SMILES string of the molecule is Cc1c(NC(=O)CSc2nnc(-c3cccc(Br)c3)o2)cccc1[N+](=O)[O-]. The average molecular weight is 449 g/mol. The molecule has 0 fully saturated rings. The Bertz CT molecular complexity index is 1010. The maximum Gasteiger partial charge on any atom is 0.277 e. The van der Waals surface area contributed by atoms with Gasteiger partial charge in [-0.15, -0.1) is 10.2 Å². The first kappa shape index (κ1) is 19.1. The van der Waals surface area contributed by atoms with Crippen LogP contribution in [-0.2, 0) is 4.79 Å². The van der Waals surface area contributed by atoms with Gasteiger partial charge >= 0.3 is 0 Å². The molecular formula is C17H13BrN4O4S. The summed E-state index contributed by atoms with van der Waals surface area (Å²) in [6.45, 7) is 1.59. The van der Waals surface area contributed by atoms with Gasteiger partial charge in [0.25, 0.3) is 10.9 Å². The monoisotopic (exact) mass is 448 g/mol. The van der Waals surface area contributed by atoms with E-state index in [1.54, 1.807) is 13.0 Å². The van der Waals surface area contributed by atoms with Gasteiger partial charge < -0.3 is 9.73 Å². The normalized spacial score (nSPS) is 10.6. The molecule has 0 aliphatic carbocycles. The number of hydrogen-bond acceptors (Lipinski definition) is 7. The Morgan fingerprint density at radius 1 is 1.30 bits per heavy atom. The minimum absolute atomic E-state index is 0.0300. The lowest BCUT2D eigenvalue weighted by Crippen LogP contribution is -2.15. The quantitative estimate of drug-likeness (QED) is 0.336. The van der Waals surface area contributed by atoms with E-state index < -0.39 is 4.92 Å². The Hall–Kier alpha value is -2.72. The molecule has 0 spiro atoms. The van der Waals surface area contributed by atoms with Crippen molar-refractivity contribution in [2.45, 2.75) is 12.1 Å².